The van der Waals surface area contributed by atoms with E-state index in [2.05, 4.69) is 9.71 Å². The largest absolute Gasteiger partial charge is 0.492 e. The molecule has 0 aliphatic carbocycles. The Morgan fingerprint density at radius 1 is 1.03 bits per heavy atom. The van der Waals surface area contributed by atoms with Gasteiger partial charge in [0.15, 0.2) is 5.15 Å². The summed E-state index contributed by atoms with van der Waals surface area (Å²) < 4.78 is 61.1. The maximum Gasteiger partial charge on any atom is 0.264 e. The van der Waals surface area contributed by atoms with Gasteiger partial charge in [-0.1, -0.05) is 29.6 Å². The van der Waals surface area contributed by atoms with Crippen LogP contribution < -0.4 is 9.46 Å². The average molecular weight is 494 g/mol. The van der Waals surface area contributed by atoms with Crippen molar-refractivity contribution in [2.45, 2.75) is 36.0 Å². The van der Waals surface area contributed by atoms with Gasteiger partial charge in [0.05, 0.1) is 12.3 Å². The van der Waals surface area contributed by atoms with Gasteiger partial charge in [-0.3, -0.25) is 4.72 Å². The summed E-state index contributed by atoms with van der Waals surface area (Å²) in [6, 6.07) is 6.63. The van der Waals surface area contributed by atoms with Crippen molar-refractivity contribution in [1.29, 1.82) is 0 Å². The van der Waals surface area contributed by atoms with Gasteiger partial charge in [0.1, 0.15) is 20.7 Å². The summed E-state index contributed by atoms with van der Waals surface area (Å²) in [6.45, 7) is 2.83. The number of hydrogen-bond acceptors (Lipinski definition) is 6. The second kappa shape index (κ2) is 9.27. The molecule has 1 aromatic carbocycles. The minimum absolute atomic E-state index is 0.0509. The monoisotopic (exact) mass is 493 g/mol. The van der Waals surface area contributed by atoms with Gasteiger partial charge in [-0.25, -0.2) is 21.8 Å². The van der Waals surface area contributed by atoms with E-state index in [1.165, 1.54) is 34.6 Å². The summed E-state index contributed by atoms with van der Waals surface area (Å²) in [5.41, 5.74) is 0.0556. The van der Waals surface area contributed by atoms with Crippen LogP contribution >= 0.6 is 23.2 Å². The lowest BCUT2D eigenvalue weighted by atomic mass is 10.2. The Kier molecular flexibility index (Phi) is 7.13. The Morgan fingerprint density at radius 3 is 2.37 bits per heavy atom. The summed E-state index contributed by atoms with van der Waals surface area (Å²) in [7, 11) is -7.98. The molecular weight excluding hydrogens is 473 g/mol. The summed E-state index contributed by atoms with van der Waals surface area (Å²) in [5.74, 6) is 0.164. The Labute approximate surface area is 186 Å². The molecule has 2 aromatic rings. The van der Waals surface area contributed by atoms with Gasteiger partial charge in [0, 0.05) is 13.1 Å². The smallest absolute Gasteiger partial charge is 0.264 e. The number of ether oxygens (including phenoxy) is 1. The molecule has 0 atom stereocenters. The fourth-order valence-electron chi connectivity index (χ4n) is 3.10. The third-order valence-electron chi connectivity index (χ3n) is 4.50. The van der Waals surface area contributed by atoms with E-state index < -0.39 is 20.0 Å². The lowest BCUT2D eigenvalue weighted by Gasteiger charge is -2.27. The van der Waals surface area contributed by atoms with Crippen LogP contribution in [0.15, 0.2) is 40.1 Å². The molecule has 0 spiro atoms. The predicted octanol–water partition coefficient (Wildman–Crippen LogP) is 3.76. The van der Waals surface area contributed by atoms with Crippen molar-refractivity contribution in [2.75, 3.05) is 24.4 Å². The molecule has 8 nitrogen and oxygen atoms in total. The van der Waals surface area contributed by atoms with E-state index in [-0.39, 0.29) is 38.1 Å². The molecule has 0 radical (unpaired) electrons. The van der Waals surface area contributed by atoms with Crippen molar-refractivity contribution < 1.29 is 21.6 Å². The normalized spacial score (nSPS) is 15.7. The van der Waals surface area contributed by atoms with Gasteiger partial charge < -0.3 is 4.74 Å². The Bertz CT molecular complexity index is 1130. The number of hydrogen-bond donors (Lipinski definition) is 1. The maximum atomic E-state index is 13.2. The summed E-state index contributed by atoms with van der Waals surface area (Å²) in [6.07, 6.45) is 2.52. The van der Waals surface area contributed by atoms with Crippen molar-refractivity contribution >= 4 is 48.9 Å². The highest BCUT2D eigenvalue weighted by atomic mass is 35.5. The number of halogens is 2. The third kappa shape index (κ3) is 5.00. The molecule has 0 amide bonds. The summed E-state index contributed by atoms with van der Waals surface area (Å²) >= 11 is 11.6. The zero-order valence-corrected chi connectivity index (χ0v) is 19.3. The van der Waals surface area contributed by atoms with Crippen LogP contribution in [0.2, 0.25) is 10.3 Å². The number of aromatic nitrogens is 1. The molecular formula is C18H21Cl2N3O5S2. The van der Waals surface area contributed by atoms with Gasteiger partial charge in [0.2, 0.25) is 10.0 Å². The van der Waals surface area contributed by atoms with Crippen LogP contribution in [0, 0.1) is 0 Å². The predicted molar refractivity (Wildman–Crippen MR) is 115 cm³/mol. The number of benzene rings is 1. The second-order valence-corrected chi connectivity index (χ2v) is 10.9. The third-order valence-corrected chi connectivity index (χ3v) is 8.44. The van der Waals surface area contributed by atoms with Crippen LogP contribution in [0.4, 0.5) is 5.69 Å². The van der Waals surface area contributed by atoms with Crippen molar-refractivity contribution in [1.82, 2.24) is 9.29 Å². The molecule has 0 unspecified atom stereocenters. The van der Waals surface area contributed by atoms with E-state index in [0.717, 1.165) is 19.3 Å². The minimum Gasteiger partial charge on any atom is -0.492 e. The average Bonchev–Trinajstić information content (AvgIpc) is 2.69. The van der Waals surface area contributed by atoms with Gasteiger partial charge in [-0.05, 0) is 50.1 Å². The highest BCUT2D eigenvalue weighted by molar-refractivity contribution is 7.92. The van der Waals surface area contributed by atoms with Gasteiger partial charge >= 0.3 is 0 Å². The SMILES string of the molecule is CCOc1ccc(NS(=O)(=O)c2ccc(Cl)nc2Cl)cc1S(=O)(=O)N1CCCCC1. The molecule has 1 N–H and O–H groups in total. The molecule has 0 saturated carbocycles. The molecule has 1 aromatic heterocycles. The minimum atomic E-state index is -4.13. The molecule has 2 heterocycles. The first-order valence-corrected chi connectivity index (χ1v) is 12.9. The first-order chi connectivity index (χ1) is 14.1. The fraction of sp³-hybridized carbons (Fsp3) is 0.389. The molecule has 0 bridgehead atoms. The lowest BCUT2D eigenvalue weighted by molar-refractivity contribution is 0.323. The van der Waals surface area contributed by atoms with Crippen LogP contribution in [0.5, 0.6) is 5.75 Å². The Hall–Kier alpha value is -1.59. The molecule has 164 valence electrons. The molecule has 1 aliphatic heterocycles. The van der Waals surface area contributed by atoms with Crippen LogP contribution in [0.25, 0.3) is 0 Å². The van der Waals surface area contributed by atoms with Crippen molar-refractivity contribution in [3.63, 3.8) is 0 Å². The maximum absolute atomic E-state index is 13.2. The number of rotatable bonds is 7. The lowest BCUT2D eigenvalue weighted by Crippen LogP contribution is -2.35. The standard InChI is InChI=1S/C18H21Cl2N3O5S2/c1-2-28-14-7-6-13(12-16(14)30(26,27)23-10-4-3-5-11-23)22-29(24,25)15-8-9-17(19)21-18(15)20/h6-9,12,22H,2-5,10-11H2,1H3. The number of anilines is 1. The van der Waals surface area contributed by atoms with Crippen molar-refractivity contribution in [3.05, 3.63) is 40.6 Å². The van der Waals surface area contributed by atoms with E-state index in [9.17, 15) is 16.8 Å². The van der Waals surface area contributed by atoms with Gasteiger partial charge in [0.25, 0.3) is 10.0 Å². The van der Waals surface area contributed by atoms with E-state index in [1.807, 2.05) is 0 Å². The summed E-state index contributed by atoms with van der Waals surface area (Å²) in [4.78, 5) is 3.36. The molecule has 30 heavy (non-hydrogen) atoms. The zero-order chi connectivity index (χ0) is 21.9. The number of sulfonamides is 2. The van der Waals surface area contributed by atoms with Crippen LogP contribution in [0.1, 0.15) is 26.2 Å². The fourth-order valence-corrected chi connectivity index (χ4v) is 6.49. The Balaban J connectivity index is 1.99. The summed E-state index contributed by atoms with van der Waals surface area (Å²) in [5, 5.41) is -0.239. The molecule has 1 saturated heterocycles. The van der Waals surface area contributed by atoms with Crippen molar-refractivity contribution in [3.8, 4) is 5.75 Å². The number of nitrogens with zero attached hydrogens (tertiary/aromatic N) is 2. The quantitative estimate of drug-likeness (QED) is 0.588. The molecule has 1 fully saturated rings. The van der Waals surface area contributed by atoms with E-state index in [1.54, 1.807) is 6.92 Å². The molecule has 3 rings (SSSR count). The molecule has 1 aliphatic rings. The van der Waals surface area contributed by atoms with Crippen LogP contribution in [-0.2, 0) is 20.0 Å². The van der Waals surface area contributed by atoms with E-state index in [4.69, 9.17) is 27.9 Å². The van der Waals surface area contributed by atoms with E-state index in [0.29, 0.717) is 13.1 Å². The van der Waals surface area contributed by atoms with Gasteiger partial charge in [-0.15, -0.1) is 0 Å². The first kappa shape index (κ1) is 23.1. The zero-order valence-electron chi connectivity index (χ0n) is 16.1. The van der Waals surface area contributed by atoms with E-state index >= 15 is 0 Å². The Morgan fingerprint density at radius 2 is 1.73 bits per heavy atom. The van der Waals surface area contributed by atoms with Crippen molar-refractivity contribution in [2.24, 2.45) is 0 Å². The van der Waals surface area contributed by atoms with Gasteiger partial charge in [-0.2, -0.15) is 4.31 Å². The number of pyridine rings is 1. The highest BCUT2D eigenvalue weighted by Gasteiger charge is 2.30. The topological polar surface area (TPSA) is 106 Å². The molecule has 12 heteroatoms. The van der Waals surface area contributed by atoms with Crippen LogP contribution in [0.3, 0.4) is 0 Å². The highest BCUT2D eigenvalue weighted by Crippen LogP contribution is 2.32. The number of piperidine rings is 1. The number of nitrogens with one attached hydrogen (secondary N) is 1. The second-order valence-electron chi connectivity index (χ2n) is 6.59. The first-order valence-electron chi connectivity index (χ1n) is 9.27. The van der Waals surface area contributed by atoms with Crippen LogP contribution in [-0.4, -0.2) is 45.8 Å².